The lowest BCUT2D eigenvalue weighted by Gasteiger charge is -2.26. The van der Waals surface area contributed by atoms with Crippen LogP contribution in [0.5, 0.6) is 0 Å². The average Bonchev–Trinajstić information content (AvgIpc) is 2.51. The summed E-state index contributed by atoms with van der Waals surface area (Å²) in [5.41, 5.74) is 7.01. The lowest BCUT2D eigenvalue weighted by molar-refractivity contribution is 0.0376. The normalized spacial score (nSPS) is 16.1. The van der Waals surface area contributed by atoms with Crippen molar-refractivity contribution in [3.05, 3.63) is 34.3 Å². The van der Waals surface area contributed by atoms with Crippen LogP contribution in [-0.4, -0.2) is 50.3 Å². The third-order valence-corrected chi connectivity index (χ3v) is 3.88. The maximum Gasteiger partial charge on any atom is 0.188 e. The van der Waals surface area contributed by atoms with Crippen LogP contribution in [0.3, 0.4) is 0 Å². The van der Waals surface area contributed by atoms with Crippen LogP contribution in [-0.2, 0) is 11.3 Å². The molecule has 0 atom stereocenters. The van der Waals surface area contributed by atoms with Crippen LogP contribution in [0.15, 0.2) is 33.7 Å². The van der Waals surface area contributed by atoms with Gasteiger partial charge in [-0.15, -0.1) is 24.0 Å². The van der Waals surface area contributed by atoms with Crippen molar-refractivity contribution in [1.82, 2.24) is 10.2 Å². The minimum Gasteiger partial charge on any atom is -0.379 e. The molecule has 1 heterocycles. The molecule has 0 aliphatic carbocycles. The maximum atomic E-state index is 5.87. The molecule has 0 unspecified atom stereocenters. The van der Waals surface area contributed by atoms with Crippen LogP contribution in [0.25, 0.3) is 0 Å². The van der Waals surface area contributed by atoms with E-state index in [1.54, 1.807) is 0 Å². The predicted molar refractivity (Wildman–Crippen MR) is 105 cm³/mol. The van der Waals surface area contributed by atoms with Gasteiger partial charge in [0.25, 0.3) is 0 Å². The summed E-state index contributed by atoms with van der Waals surface area (Å²) in [7, 11) is 0. The molecule has 7 heteroatoms. The molecule has 1 saturated heterocycles. The highest BCUT2D eigenvalue weighted by molar-refractivity contribution is 14.0. The topological polar surface area (TPSA) is 62.9 Å². The summed E-state index contributed by atoms with van der Waals surface area (Å²) < 4.78 is 6.39. The first kappa shape index (κ1) is 19.7. The van der Waals surface area contributed by atoms with E-state index in [0.29, 0.717) is 12.5 Å². The van der Waals surface area contributed by atoms with Crippen molar-refractivity contribution in [2.75, 3.05) is 39.4 Å². The molecule has 1 aromatic carbocycles. The van der Waals surface area contributed by atoms with Crippen molar-refractivity contribution < 1.29 is 4.74 Å². The van der Waals surface area contributed by atoms with E-state index in [-0.39, 0.29) is 24.0 Å². The molecular weight excluding hydrogens is 459 g/mol. The summed E-state index contributed by atoms with van der Waals surface area (Å²) >= 11 is 3.45. The average molecular weight is 483 g/mol. The van der Waals surface area contributed by atoms with Crippen LogP contribution in [0.1, 0.15) is 12.0 Å². The van der Waals surface area contributed by atoms with Gasteiger partial charge in [-0.25, -0.2) is 4.99 Å². The molecule has 1 aliphatic heterocycles. The first-order valence-corrected chi connectivity index (χ1v) is 8.11. The zero-order chi connectivity index (χ0) is 14.9. The number of rotatable bonds is 6. The van der Waals surface area contributed by atoms with Crippen LogP contribution in [0, 0.1) is 0 Å². The summed E-state index contributed by atoms with van der Waals surface area (Å²) in [6, 6.07) is 8.09. The van der Waals surface area contributed by atoms with Gasteiger partial charge in [0.2, 0.25) is 0 Å². The second kappa shape index (κ2) is 11.2. The molecule has 1 aromatic rings. The number of hydrogen-bond acceptors (Lipinski definition) is 3. The van der Waals surface area contributed by atoms with Gasteiger partial charge in [-0.3, -0.25) is 4.90 Å². The van der Waals surface area contributed by atoms with E-state index in [4.69, 9.17) is 10.5 Å². The number of halogens is 2. The molecule has 3 N–H and O–H groups in total. The quantitative estimate of drug-likeness (QED) is 0.282. The Kier molecular flexibility index (Phi) is 10.0. The van der Waals surface area contributed by atoms with E-state index < -0.39 is 0 Å². The minimum absolute atomic E-state index is 0. The number of aliphatic imine (C=N–C) groups is 1. The largest absolute Gasteiger partial charge is 0.379 e. The first-order valence-electron chi connectivity index (χ1n) is 7.32. The number of nitrogens with one attached hydrogen (secondary N) is 1. The Balaban J connectivity index is 0.00000242. The zero-order valence-corrected chi connectivity index (χ0v) is 16.5. The van der Waals surface area contributed by atoms with Gasteiger partial charge in [0.15, 0.2) is 5.96 Å². The molecule has 22 heavy (non-hydrogen) atoms. The Morgan fingerprint density at radius 3 is 2.86 bits per heavy atom. The number of guanidine groups is 1. The smallest absolute Gasteiger partial charge is 0.188 e. The van der Waals surface area contributed by atoms with Gasteiger partial charge in [-0.05, 0) is 30.7 Å². The monoisotopic (exact) mass is 482 g/mol. The van der Waals surface area contributed by atoms with Gasteiger partial charge in [-0.1, -0.05) is 28.1 Å². The predicted octanol–water partition coefficient (Wildman–Crippen LogP) is 2.19. The Hall–Kier alpha value is -0.380. The first-order chi connectivity index (χ1) is 10.2. The molecule has 2 rings (SSSR count). The molecule has 0 radical (unpaired) electrons. The van der Waals surface area contributed by atoms with E-state index in [2.05, 4.69) is 37.2 Å². The van der Waals surface area contributed by atoms with Crippen molar-refractivity contribution in [2.45, 2.75) is 13.0 Å². The van der Waals surface area contributed by atoms with Crippen molar-refractivity contribution in [1.29, 1.82) is 0 Å². The fraction of sp³-hybridized carbons (Fsp3) is 0.533. The number of nitrogens with two attached hydrogens (primary N) is 1. The zero-order valence-electron chi connectivity index (χ0n) is 12.6. The van der Waals surface area contributed by atoms with E-state index in [1.807, 2.05) is 18.2 Å². The third kappa shape index (κ3) is 7.75. The number of morpholine rings is 1. The van der Waals surface area contributed by atoms with E-state index in [1.165, 1.54) is 0 Å². The molecule has 1 fully saturated rings. The van der Waals surface area contributed by atoms with Crippen molar-refractivity contribution >= 4 is 45.9 Å². The molecule has 5 nitrogen and oxygen atoms in total. The van der Waals surface area contributed by atoms with Gasteiger partial charge in [0.05, 0.1) is 19.8 Å². The Morgan fingerprint density at radius 1 is 1.36 bits per heavy atom. The van der Waals surface area contributed by atoms with Crippen LogP contribution in [0.4, 0.5) is 0 Å². The van der Waals surface area contributed by atoms with Gasteiger partial charge in [0.1, 0.15) is 0 Å². The van der Waals surface area contributed by atoms with E-state index in [9.17, 15) is 0 Å². The fourth-order valence-corrected chi connectivity index (χ4v) is 2.66. The van der Waals surface area contributed by atoms with E-state index in [0.717, 1.165) is 55.8 Å². The van der Waals surface area contributed by atoms with Crippen molar-refractivity contribution in [3.8, 4) is 0 Å². The van der Waals surface area contributed by atoms with Crippen molar-refractivity contribution in [3.63, 3.8) is 0 Å². The summed E-state index contributed by atoms with van der Waals surface area (Å²) in [6.07, 6.45) is 1.06. The standard InChI is InChI=1S/C15H23BrN4O.HI/c16-14-4-1-3-13(11-14)12-19-15(17)18-5-2-6-20-7-9-21-10-8-20;/h1,3-4,11H,2,5-10,12H2,(H3,17,18,19);1H. The minimum atomic E-state index is 0. The SMILES string of the molecule is I.NC(=NCc1cccc(Br)c1)NCCCN1CCOCC1. The van der Waals surface area contributed by atoms with E-state index >= 15 is 0 Å². The third-order valence-electron chi connectivity index (χ3n) is 3.38. The van der Waals surface area contributed by atoms with Gasteiger partial charge >= 0.3 is 0 Å². The highest BCUT2D eigenvalue weighted by Gasteiger charge is 2.08. The summed E-state index contributed by atoms with van der Waals surface area (Å²) in [5, 5.41) is 3.17. The molecule has 0 aromatic heterocycles. The molecule has 0 saturated carbocycles. The second-order valence-corrected chi connectivity index (χ2v) is 5.98. The second-order valence-electron chi connectivity index (χ2n) is 5.07. The summed E-state index contributed by atoms with van der Waals surface area (Å²) in [6.45, 7) is 6.30. The molecule has 0 amide bonds. The molecule has 0 spiro atoms. The number of hydrogen-bond donors (Lipinski definition) is 2. The molecule has 0 bridgehead atoms. The highest BCUT2D eigenvalue weighted by Crippen LogP contribution is 2.12. The number of ether oxygens (including phenoxy) is 1. The lowest BCUT2D eigenvalue weighted by Crippen LogP contribution is -2.39. The number of benzene rings is 1. The molecular formula is C15H24BrIN4O. The Bertz CT molecular complexity index is 467. The summed E-state index contributed by atoms with van der Waals surface area (Å²) in [4.78, 5) is 6.77. The van der Waals surface area contributed by atoms with Gasteiger partial charge < -0.3 is 15.8 Å². The van der Waals surface area contributed by atoms with Crippen LogP contribution < -0.4 is 11.1 Å². The summed E-state index contributed by atoms with van der Waals surface area (Å²) in [5.74, 6) is 0.511. The Morgan fingerprint density at radius 2 is 2.14 bits per heavy atom. The highest BCUT2D eigenvalue weighted by atomic mass is 127. The Labute approximate surface area is 157 Å². The molecule has 124 valence electrons. The van der Waals surface area contributed by atoms with Crippen LogP contribution in [0.2, 0.25) is 0 Å². The number of nitrogens with zero attached hydrogens (tertiary/aromatic N) is 2. The lowest BCUT2D eigenvalue weighted by atomic mass is 10.2. The van der Waals surface area contributed by atoms with Crippen LogP contribution >= 0.6 is 39.9 Å². The van der Waals surface area contributed by atoms with Gasteiger partial charge in [-0.2, -0.15) is 0 Å². The van der Waals surface area contributed by atoms with Gasteiger partial charge in [0, 0.05) is 24.1 Å². The molecule has 1 aliphatic rings. The van der Waals surface area contributed by atoms with Crippen molar-refractivity contribution in [2.24, 2.45) is 10.7 Å². The maximum absolute atomic E-state index is 5.87. The fourth-order valence-electron chi connectivity index (χ4n) is 2.21.